The maximum Gasteiger partial charge on any atom is 0.0965 e. The van der Waals surface area contributed by atoms with Crippen molar-refractivity contribution in [3.63, 3.8) is 0 Å². The summed E-state index contributed by atoms with van der Waals surface area (Å²) in [5.41, 5.74) is 0. The highest BCUT2D eigenvalue weighted by Gasteiger charge is 2.11. The van der Waals surface area contributed by atoms with Gasteiger partial charge in [-0.1, -0.05) is 20.8 Å². The Labute approximate surface area is 112 Å². The summed E-state index contributed by atoms with van der Waals surface area (Å²) < 4.78 is 5.13. The number of nitriles is 1. The van der Waals surface area contributed by atoms with E-state index < -0.39 is 0 Å². The molecule has 0 heterocycles. The fourth-order valence-corrected chi connectivity index (χ4v) is 1.87. The lowest BCUT2D eigenvalue weighted by Gasteiger charge is -2.25. The molecule has 0 spiro atoms. The first kappa shape index (κ1) is 17.4. The third-order valence-electron chi connectivity index (χ3n) is 2.77. The first-order valence-electron chi connectivity index (χ1n) is 6.98. The second-order valence-electron chi connectivity index (χ2n) is 5.11. The molecule has 1 atom stereocenters. The molecule has 0 aromatic carbocycles. The van der Waals surface area contributed by atoms with E-state index in [0.29, 0.717) is 5.92 Å². The summed E-state index contributed by atoms with van der Waals surface area (Å²) in [6, 6.07) is 2.31. The fraction of sp³-hybridized carbons (Fsp3) is 0.929. The summed E-state index contributed by atoms with van der Waals surface area (Å²) in [6.07, 6.45) is 1.95. The average molecular weight is 255 g/mol. The van der Waals surface area contributed by atoms with Crippen molar-refractivity contribution < 1.29 is 4.74 Å². The van der Waals surface area contributed by atoms with Gasteiger partial charge in [0.2, 0.25) is 0 Å². The van der Waals surface area contributed by atoms with Crippen LogP contribution in [-0.2, 0) is 4.74 Å². The molecular formula is C14H29N3O. The number of hydrogen-bond donors (Lipinski definition) is 1. The van der Waals surface area contributed by atoms with Gasteiger partial charge in [0.1, 0.15) is 0 Å². The predicted molar refractivity (Wildman–Crippen MR) is 75.5 cm³/mol. The Kier molecular flexibility index (Phi) is 11.1. The molecule has 0 amide bonds. The van der Waals surface area contributed by atoms with Crippen molar-refractivity contribution in [2.24, 2.45) is 5.92 Å². The maximum absolute atomic E-state index is 9.07. The third kappa shape index (κ3) is 9.41. The minimum Gasteiger partial charge on any atom is -0.383 e. The van der Waals surface area contributed by atoms with Gasteiger partial charge in [0.05, 0.1) is 18.7 Å². The zero-order valence-electron chi connectivity index (χ0n) is 12.4. The van der Waals surface area contributed by atoms with Crippen LogP contribution in [0.4, 0.5) is 0 Å². The second kappa shape index (κ2) is 11.5. The van der Waals surface area contributed by atoms with Crippen LogP contribution in [0.25, 0.3) is 0 Å². The van der Waals surface area contributed by atoms with E-state index in [4.69, 9.17) is 10.00 Å². The molecule has 4 nitrogen and oxygen atoms in total. The number of methoxy groups -OCH3 is 1. The Hall–Kier alpha value is -0.630. The van der Waals surface area contributed by atoms with Crippen LogP contribution in [0, 0.1) is 17.2 Å². The highest BCUT2D eigenvalue weighted by molar-refractivity contribution is 4.90. The molecule has 0 saturated carbocycles. The van der Waals surface area contributed by atoms with Crippen LogP contribution in [0.3, 0.4) is 0 Å². The van der Waals surface area contributed by atoms with E-state index in [9.17, 15) is 0 Å². The van der Waals surface area contributed by atoms with Crippen molar-refractivity contribution in [1.82, 2.24) is 10.2 Å². The van der Waals surface area contributed by atoms with Crippen molar-refractivity contribution in [2.75, 3.05) is 39.9 Å². The van der Waals surface area contributed by atoms with E-state index >= 15 is 0 Å². The standard InChI is InChI=1S/C14H29N3O/c1-5-7-16-14(11-15)6-8-17(9-10-18-4)12-13(2)3/h13-14,16H,5-10,12H2,1-4H3. The van der Waals surface area contributed by atoms with Crippen molar-refractivity contribution in [3.8, 4) is 6.07 Å². The molecule has 1 N–H and O–H groups in total. The van der Waals surface area contributed by atoms with Crippen molar-refractivity contribution in [1.29, 1.82) is 5.26 Å². The Morgan fingerprint density at radius 2 is 2.06 bits per heavy atom. The monoisotopic (exact) mass is 255 g/mol. The van der Waals surface area contributed by atoms with Crippen LogP contribution >= 0.6 is 0 Å². The van der Waals surface area contributed by atoms with Crippen LogP contribution in [0.15, 0.2) is 0 Å². The first-order chi connectivity index (χ1) is 8.63. The molecule has 0 aromatic heterocycles. The zero-order valence-corrected chi connectivity index (χ0v) is 12.4. The van der Waals surface area contributed by atoms with Crippen LogP contribution in [0.1, 0.15) is 33.6 Å². The Bertz CT molecular complexity index is 226. The Morgan fingerprint density at radius 3 is 2.56 bits per heavy atom. The SMILES string of the molecule is CCCNC(C#N)CCN(CCOC)CC(C)C. The molecule has 0 aromatic rings. The van der Waals surface area contributed by atoms with E-state index in [1.807, 2.05) is 0 Å². The number of rotatable bonds is 11. The van der Waals surface area contributed by atoms with E-state index in [2.05, 4.69) is 37.1 Å². The summed E-state index contributed by atoms with van der Waals surface area (Å²) in [5.74, 6) is 0.644. The first-order valence-corrected chi connectivity index (χ1v) is 6.98. The van der Waals surface area contributed by atoms with Crippen molar-refractivity contribution in [3.05, 3.63) is 0 Å². The third-order valence-corrected chi connectivity index (χ3v) is 2.77. The van der Waals surface area contributed by atoms with Crippen molar-refractivity contribution >= 4 is 0 Å². The van der Waals surface area contributed by atoms with E-state index in [1.54, 1.807) is 7.11 Å². The lowest BCUT2D eigenvalue weighted by atomic mass is 10.1. The van der Waals surface area contributed by atoms with Gasteiger partial charge in [0.15, 0.2) is 0 Å². The molecule has 0 fully saturated rings. The van der Waals surface area contributed by atoms with Gasteiger partial charge in [-0.05, 0) is 25.3 Å². The molecule has 0 aliphatic rings. The van der Waals surface area contributed by atoms with Gasteiger partial charge >= 0.3 is 0 Å². The van der Waals surface area contributed by atoms with Crippen LogP contribution < -0.4 is 5.32 Å². The van der Waals surface area contributed by atoms with Crippen LogP contribution in [0.2, 0.25) is 0 Å². The molecule has 0 aliphatic heterocycles. The minimum absolute atomic E-state index is 0.0258. The smallest absolute Gasteiger partial charge is 0.0965 e. The van der Waals surface area contributed by atoms with Gasteiger partial charge in [-0.25, -0.2) is 0 Å². The average Bonchev–Trinajstić information content (AvgIpc) is 2.35. The van der Waals surface area contributed by atoms with Crippen molar-refractivity contribution in [2.45, 2.75) is 39.7 Å². The number of nitrogens with one attached hydrogen (secondary N) is 1. The quantitative estimate of drug-likeness (QED) is 0.612. The predicted octanol–water partition coefficient (Wildman–Crippen LogP) is 1.87. The largest absolute Gasteiger partial charge is 0.383 e. The lowest BCUT2D eigenvalue weighted by molar-refractivity contribution is 0.138. The fourth-order valence-electron chi connectivity index (χ4n) is 1.87. The number of hydrogen-bond acceptors (Lipinski definition) is 4. The number of ether oxygens (including phenoxy) is 1. The highest BCUT2D eigenvalue weighted by atomic mass is 16.5. The van der Waals surface area contributed by atoms with E-state index in [1.165, 1.54) is 0 Å². The van der Waals surface area contributed by atoms with Gasteiger partial charge in [-0.3, -0.25) is 0 Å². The molecule has 4 heteroatoms. The molecule has 0 aliphatic carbocycles. The van der Waals surface area contributed by atoms with Crippen LogP contribution in [-0.4, -0.2) is 50.8 Å². The lowest BCUT2D eigenvalue weighted by Crippen LogP contribution is -2.37. The topological polar surface area (TPSA) is 48.3 Å². The van der Waals surface area contributed by atoms with E-state index in [-0.39, 0.29) is 6.04 Å². The highest BCUT2D eigenvalue weighted by Crippen LogP contribution is 2.02. The Morgan fingerprint density at radius 1 is 1.33 bits per heavy atom. The second-order valence-corrected chi connectivity index (χ2v) is 5.11. The van der Waals surface area contributed by atoms with Gasteiger partial charge in [-0.15, -0.1) is 0 Å². The van der Waals surface area contributed by atoms with Crippen LogP contribution in [0.5, 0.6) is 0 Å². The normalized spacial score (nSPS) is 12.9. The molecule has 0 saturated heterocycles. The molecular weight excluding hydrogens is 226 g/mol. The van der Waals surface area contributed by atoms with Gasteiger partial charge in [-0.2, -0.15) is 5.26 Å². The molecule has 1 unspecified atom stereocenters. The zero-order chi connectivity index (χ0) is 13.8. The number of nitrogens with zero attached hydrogens (tertiary/aromatic N) is 2. The van der Waals surface area contributed by atoms with E-state index in [0.717, 1.165) is 45.6 Å². The Balaban J connectivity index is 4.01. The summed E-state index contributed by atoms with van der Waals surface area (Å²) >= 11 is 0. The summed E-state index contributed by atoms with van der Waals surface area (Å²) in [4.78, 5) is 2.38. The molecule has 0 bridgehead atoms. The molecule has 18 heavy (non-hydrogen) atoms. The summed E-state index contributed by atoms with van der Waals surface area (Å²) in [6.45, 7) is 11.2. The molecule has 106 valence electrons. The van der Waals surface area contributed by atoms with Gasteiger partial charge in [0, 0.05) is 26.7 Å². The van der Waals surface area contributed by atoms with Gasteiger partial charge in [0.25, 0.3) is 0 Å². The van der Waals surface area contributed by atoms with Gasteiger partial charge < -0.3 is 15.0 Å². The molecule has 0 radical (unpaired) electrons. The summed E-state index contributed by atoms with van der Waals surface area (Å²) in [5, 5.41) is 12.3. The summed E-state index contributed by atoms with van der Waals surface area (Å²) in [7, 11) is 1.73. The minimum atomic E-state index is -0.0258. The molecule has 0 rings (SSSR count). The maximum atomic E-state index is 9.07.